The molecule has 0 radical (unpaired) electrons. The molecule has 43 heavy (non-hydrogen) atoms. The highest BCUT2D eigenvalue weighted by molar-refractivity contribution is 5.72. The van der Waals surface area contributed by atoms with Crippen molar-refractivity contribution in [3.05, 3.63) is 70.8 Å². The number of carboxylic acid groups (broad SMARTS) is 1. The van der Waals surface area contributed by atoms with Gasteiger partial charge in [-0.05, 0) is 65.6 Å². The van der Waals surface area contributed by atoms with Crippen molar-refractivity contribution in [2.75, 3.05) is 6.54 Å². The molecule has 3 nitrogen and oxygen atoms in total. The van der Waals surface area contributed by atoms with E-state index in [2.05, 4.69) is 0 Å². The molecule has 4 atom stereocenters. The Morgan fingerprint density at radius 2 is 1.28 bits per heavy atom. The molecule has 0 aromatic heterocycles. The number of hydrogen-bond acceptors (Lipinski definition) is 2. The summed E-state index contributed by atoms with van der Waals surface area (Å²) in [6.45, 7) is 10.7. The van der Waals surface area contributed by atoms with Gasteiger partial charge in [-0.2, -0.15) is 26.3 Å². The maximum absolute atomic E-state index is 16.5. The van der Waals surface area contributed by atoms with Crippen LogP contribution in [0.3, 0.4) is 0 Å². The SMILES string of the molecule is CC(C)(C)CCCN1C(c2ccc(C(F)(F)F)cc2)CC(F)(F)C(C(C(=O)O)C(C)(C)C)C1c1ccc(C(F)(F)F)cc1. The minimum Gasteiger partial charge on any atom is -0.481 e. The summed E-state index contributed by atoms with van der Waals surface area (Å²) in [5.41, 5.74) is -2.99. The summed E-state index contributed by atoms with van der Waals surface area (Å²) < 4.78 is 113. The average molecular weight is 622 g/mol. The van der Waals surface area contributed by atoms with Gasteiger partial charge in [0.1, 0.15) is 0 Å². The Morgan fingerprint density at radius 1 is 0.837 bits per heavy atom. The van der Waals surface area contributed by atoms with Crippen molar-refractivity contribution in [3.8, 4) is 0 Å². The van der Waals surface area contributed by atoms with E-state index in [0.29, 0.717) is 12.8 Å². The first-order valence-electron chi connectivity index (χ1n) is 14.1. The van der Waals surface area contributed by atoms with Gasteiger partial charge in [-0.25, -0.2) is 8.78 Å². The van der Waals surface area contributed by atoms with Gasteiger partial charge in [0.05, 0.1) is 23.0 Å². The van der Waals surface area contributed by atoms with Crippen LogP contribution in [0.5, 0.6) is 0 Å². The van der Waals surface area contributed by atoms with E-state index in [1.54, 1.807) is 4.90 Å². The van der Waals surface area contributed by atoms with Crippen LogP contribution in [-0.2, 0) is 17.1 Å². The zero-order valence-electron chi connectivity index (χ0n) is 25.1. The van der Waals surface area contributed by atoms with Gasteiger partial charge in [-0.3, -0.25) is 9.69 Å². The number of halogens is 8. The van der Waals surface area contributed by atoms with Crippen LogP contribution in [0.2, 0.25) is 0 Å². The van der Waals surface area contributed by atoms with E-state index in [9.17, 15) is 36.2 Å². The second kappa shape index (κ2) is 12.0. The molecular weight excluding hydrogens is 582 g/mol. The molecule has 0 saturated carbocycles. The molecule has 0 aliphatic carbocycles. The highest BCUT2D eigenvalue weighted by atomic mass is 19.4. The number of aliphatic carboxylic acids is 1. The number of hydrogen-bond donors (Lipinski definition) is 1. The monoisotopic (exact) mass is 621 g/mol. The quantitative estimate of drug-likeness (QED) is 0.313. The Morgan fingerprint density at radius 3 is 1.65 bits per heavy atom. The molecule has 1 fully saturated rings. The van der Waals surface area contributed by atoms with Crippen molar-refractivity contribution in [1.29, 1.82) is 0 Å². The van der Waals surface area contributed by atoms with Crippen LogP contribution in [0.1, 0.15) is 95.1 Å². The maximum Gasteiger partial charge on any atom is 0.416 e. The third-order valence-electron chi connectivity index (χ3n) is 8.15. The zero-order chi connectivity index (χ0) is 32.8. The van der Waals surface area contributed by atoms with Gasteiger partial charge in [0.2, 0.25) is 0 Å². The molecule has 0 spiro atoms. The van der Waals surface area contributed by atoms with E-state index in [-0.39, 0.29) is 23.1 Å². The molecule has 1 saturated heterocycles. The number of likely N-dealkylation sites (tertiary alicyclic amines) is 1. The van der Waals surface area contributed by atoms with Gasteiger partial charge in [-0.1, -0.05) is 65.8 Å². The summed E-state index contributed by atoms with van der Waals surface area (Å²) >= 11 is 0. The second-order valence-electron chi connectivity index (χ2n) is 13.8. The zero-order valence-corrected chi connectivity index (χ0v) is 25.1. The largest absolute Gasteiger partial charge is 0.481 e. The Labute approximate surface area is 247 Å². The molecule has 11 heteroatoms. The first-order valence-corrected chi connectivity index (χ1v) is 14.1. The fraction of sp³-hybridized carbons (Fsp3) is 0.594. The third-order valence-corrected chi connectivity index (χ3v) is 8.15. The lowest BCUT2D eigenvalue weighted by Crippen LogP contribution is -2.56. The molecule has 0 bridgehead atoms. The summed E-state index contributed by atoms with van der Waals surface area (Å²) in [5, 5.41) is 10.3. The van der Waals surface area contributed by atoms with E-state index < -0.39 is 71.1 Å². The molecule has 0 amide bonds. The average Bonchev–Trinajstić information content (AvgIpc) is 2.83. The number of rotatable bonds is 7. The lowest BCUT2D eigenvalue weighted by Gasteiger charge is -2.53. The second-order valence-corrected chi connectivity index (χ2v) is 13.8. The standard InChI is InChI=1S/C32H39F8NO2/c1-28(2,3)16-7-17-41-23(19-8-12-21(13-9-19)31(35,36)37)18-30(33,34)24(25(27(42)43)29(4,5)6)26(41)20-10-14-22(15-11-20)32(38,39)40/h8-15,23-26H,7,16-18H2,1-6H3,(H,42,43). The highest BCUT2D eigenvalue weighted by Gasteiger charge is 2.60. The van der Waals surface area contributed by atoms with Gasteiger partial charge in [0.25, 0.3) is 5.92 Å². The predicted molar refractivity (Wildman–Crippen MR) is 147 cm³/mol. The summed E-state index contributed by atoms with van der Waals surface area (Å²) in [6.07, 6.45) is -9.07. The molecule has 1 N–H and O–H groups in total. The molecule has 240 valence electrons. The molecule has 3 rings (SSSR count). The van der Waals surface area contributed by atoms with E-state index >= 15 is 8.78 Å². The fourth-order valence-corrected chi connectivity index (χ4v) is 6.19. The van der Waals surface area contributed by atoms with Gasteiger partial charge < -0.3 is 5.11 Å². The minimum atomic E-state index is -4.68. The molecule has 2 aromatic rings. The first kappa shape index (κ1) is 34.8. The van der Waals surface area contributed by atoms with Crippen molar-refractivity contribution in [2.24, 2.45) is 22.7 Å². The van der Waals surface area contributed by atoms with Crippen molar-refractivity contribution >= 4 is 5.97 Å². The summed E-state index contributed by atoms with van der Waals surface area (Å²) in [6, 6.07) is 5.21. The van der Waals surface area contributed by atoms with Gasteiger partial charge in [0, 0.05) is 18.5 Å². The lowest BCUT2D eigenvalue weighted by molar-refractivity contribution is -0.198. The van der Waals surface area contributed by atoms with Crippen LogP contribution >= 0.6 is 0 Å². The lowest BCUT2D eigenvalue weighted by atomic mass is 9.63. The Kier molecular flexibility index (Phi) is 9.72. The van der Waals surface area contributed by atoms with E-state index in [1.165, 1.54) is 20.8 Å². The van der Waals surface area contributed by atoms with Crippen LogP contribution in [0.25, 0.3) is 0 Å². The Balaban J connectivity index is 2.27. The van der Waals surface area contributed by atoms with E-state index in [1.807, 2.05) is 20.8 Å². The van der Waals surface area contributed by atoms with Crippen molar-refractivity contribution < 1.29 is 45.0 Å². The fourth-order valence-electron chi connectivity index (χ4n) is 6.19. The number of benzene rings is 2. The molecule has 1 aliphatic heterocycles. The van der Waals surface area contributed by atoms with Crippen LogP contribution in [0.4, 0.5) is 35.1 Å². The summed E-state index contributed by atoms with van der Waals surface area (Å²) in [5.74, 6) is -8.55. The highest BCUT2D eigenvalue weighted by Crippen LogP contribution is 2.57. The predicted octanol–water partition coefficient (Wildman–Crippen LogP) is 10.0. The van der Waals surface area contributed by atoms with Crippen LogP contribution < -0.4 is 0 Å². The van der Waals surface area contributed by atoms with Gasteiger partial charge in [0.15, 0.2) is 0 Å². The summed E-state index contributed by atoms with van der Waals surface area (Å²) in [7, 11) is 0. The molecular formula is C32H39F8NO2. The molecule has 1 aliphatic rings. The number of piperidine rings is 1. The van der Waals surface area contributed by atoms with Crippen LogP contribution in [0.15, 0.2) is 48.5 Å². The summed E-state index contributed by atoms with van der Waals surface area (Å²) in [4.78, 5) is 14.3. The topological polar surface area (TPSA) is 40.5 Å². The third kappa shape index (κ3) is 8.28. The Bertz CT molecular complexity index is 1240. The minimum absolute atomic E-state index is 0.0838. The van der Waals surface area contributed by atoms with E-state index in [4.69, 9.17) is 0 Å². The molecule has 2 aromatic carbocycles. The van der Waals surface area contributed by atoms with Gasteiger partial charge >= 0.3 is 18.3 Å². The molecule has 4 unspecified atom stereocenters. The molecule has 1 heterocycles. The van der Waals surface area contributed by atoms with Gasteiger partial charge in [-0.15, -0.1) is 0 Å². The van der Waals surface area contributed by atoms with E-state index in [0.717, 1.165) is 48.5 Å². The number of alkyl halides is 8. The maximum atomic E-state index is 16.5. The van der Waals surface area contributed by atoms with Crippen molar-refractivity contribution in [3.63, 3.8) is 0 Å². The van der Waals surface area contributed by atoms with Crippen LogP contribution in [-0.4, -0.2) is 28.4 Å². The van der Waals surface area contributed by atoms with Crippen molar-refractivity contribution in [1.82, 2.24) is 4.90 Å². The first-order chi connectivity index (χ1) is 19.4. The van der Waals surface area contributed by atoms with Crippen LogP contribution in [0, 0.1) is 22.7 Å². The number of carbonyl (C=O) groups is 1. The number of nitrogens with zero attached hydrogens (tertiary/aromatic N) is 1. The van der Waals surface area contributed by atoms with Crippen molar-refractivity contribution in [2.45, 2.75) is 91.2 Å². The smallest absolute Gasteiger partial charge is 0.416 e. The Hall–Kier alpha value is -2.69. The number of carboxylic acids is 1. The normalized spacial score (nSPS) is 22.8.